The van der Waals surface area contributed by atoms with Gasteiger partial charge in [-0.2, -0.15) is 0 Å². The lowest BCUT2D eigenvalue weighted by molar-refractivity contribution is -0.147. The summed E-state index contributed by atoms with van der Waals surface area (Å²) in [4.78, 5) is 27.9. The zero-order valence-corrected chi connectivity index (χ0v) is 13.6. The molecular weight excluding hydrogens is 306 g/mol. The second-order valence-electron chi connectivity index (χ2n) is 5.37. The van der Waals surface area contributed by atoms with E-state index in [1.807, 2.05) is 37.4 Å². The Labute approximate surface area is 141 Å². The first-order valence-corrected chi connectivity index (χ1v) is 7.69. The lowest BCUT2D eigenvalue weighted by Crippen LogP contribution is -2.43. The smallest absolute Gasteiger partial charge is 0.329 e. The summed E-state index contributed by atoms with van der Waals surface area (Å²) in [6.07, 6.45) is 5.36. The first-order valence-electron chi connectivity index (χ1n) is 7.69. The SMILES string of the molecule is C=CC(=O)N[C@@H](Cc1cncn1C)C(=O)OCCc1ccccc1. The van der Waals surface area contributed by atoms with Crippen molar-refractivity contribution >= 4 is 11.9 Å². The molecular formula is C18H21N3O3. The van der Waals surface area contributed by atoms with E-state index in [2.05, 4.69) is 16.9 Å². The van der Waals surface area contributed by atoms with E-state index in [9.17, 15) is 9.59 Å². The molecule has 24 heavy (non-hydrogen) atoms. The molecule has 0 saturated carbocycles. The van der Waals surface area contributed by atoms with Crippen molar-refractivity contribution in [3.05, 3.63) is 66.8 Å². The number of amides is 1. The number of hydrogen-bond acceptors (Lipinski definition) is 4. The maximum absolute atomic E-state index is 12.3. The Morgan fingerprint density at radius 2 is 2.12 bits per heavy atom. The number of rotatable bonds is 8. The summed E-state index contributed by atoms with van der Waals surface area (Å²) in [5.41, 5.74) is 1.91. The van der Waals surface area contributed by atoms with E-state index in [0.717, 1.165) is 17.3 Å². The predicted molar refractivity (Wildman–Crippen MR) is 90.1 cm³/mol. The number of carbonyl (C=O) groups excluding carboxylic acids is 2. The normalized spacial score (nSPS) is 11.5. The fraction of sp³-hybridized carbons (Fsp3) is 0.278. The molecule has 2 aromatic rings. The van der Waals surface area contributed by atoms with Gasteiger partial charge in [0, 0.05) is 31.8 Å². The summed E-state index contributed by atoms with van der Waals surface area (Å²) in [6, 6.07) is 8.98. The van der Waals surface area contributed by atoms with Gasteiger partial charge in [0.05, 0.1) is 12.9 Å². The Hall–Kier alpha value is -2.89. The van der Waals surface area contributed by atoms with Gasteiger partial charge in [-0.3, -0.25) is 4.79 Å². The minimum atomic E-state index is -0.776. The van der Waals surface area contributed by atoms with Crippen LogP contribution in [0.25, 0.3) is 0 Å². The molecule has 1 atom stereocenters. The number of nitrogens with zero attached hydrogens (tertiary/aromatic N) is 2. The third-order valence-electron chi connectivity index (χ3n) is 3.59. The van der Waals surface area contributed by atoms with Crippen molar-refractivity contribution in [3.8, 4) is 0 Å². The molecule has 1 amide bonds. The Morgan fingerprint density at radius 1 is 1.38 bits per heavy atom. The summed E-state index contributed by atoms with van der Waals surface area (Å²) in [5, 5.41) is 2.61. The maximum atomic E-state index is 12.3. The lowest BCUT2D eigenvalue weighted by atomic mass is 10.1. The lowest BCUT2D eigenvalue weighted by Gasteiger charge is -2.17. The van der Waals surface area contributed by atoms with Crippen molar-refractivity contribution in [2.24, 2.45) is 7.05 Å². The third kappa shape index (κ3) is 5.08. The second kappa shape index (κ2) is 8.67. The van der Waals surface area contributed by atoms with Gasteiger partial charge in [-0.1, -0.05) is 36.9 Å². The van der Waals surface area contributed by atoms with Crippen LogP contribution in [0.1, 0.15) is 11.3 Å². The molecule has 0 aliphatic carbocycles. The van der Waals surface area contributed by atoms with Gasteiger partial charge < -0.3 is 14.6 Å². The van der Waals surface area contributed by atoms with Gasteiger partial charge in [0.2, 0.25) is 5.91 Å². The average molecular weight is 327 g/mol. The predicted octanol–water partition coefficient (Wildman–Crippen LogP) is 1.42. The number of hydrogen-bond donors (Lipinski definition) is 1. The highest BCUT2D eigenvalue weighted by Crippen LogP contribution is 2.05. The second-order valence-corrected chi connectivity index (χ2v) is 5.37. The van der Waals surface area contributed by atoms with Crippen molar-refractivity contribution in [1.82, 2.24) is 14.9 Å². The van der Waals surface area contributed by atoms with Crippen LogP contribution in [-0.2, 0) is 34.2 Å². The van der Waals surface area contributed by atoms with Crippen LogP contribution >= 0.6 is 0 Å². The fourth-order valence-electron chi connectivity index (χ4n) is 2.23. The van der Waals surface area contributed by atoms with Crippen molar-refractivity contribution in [1.29, 1.82) is 0 Å². The number of imidazole rings is 1. The maximum Gasteiger partial charge on any atom is 0.329 e. The van der Waals surface area contributed by atoms with Crippen LogP contribution in [-0.4, -0.2) is 34.1 Å². The first kappa shape index (κ1) is 17.5. The van der Waals surface area contributed by atoms with Crippen LogP contribution < -0.4 is 5.32 Å². The number of ether oxygens (including phenoxy) is 1. The Balaban J connectivity index is 1.94. The Kier molecular flexibility index (Phi) is 6.31. The van der Waals surface area contributed by atoms with Gasteiger partial charge in [0.15, 0.2) is 0 Å². The average Bonchev–Trinajstić information content (AvgIpc) is 3.00. The molecule has 6 heteroatoms. The largest absolute Gasteiger partial charge is 0.464 e. The molecule has 0 fully saturated rings. The Morgan fingerprint density at radius 3 is 2.75 bits per heavy atom. The van der Waals surface area contributed by atoms with E-state index in [4.69, 9.17) is 4.74 Å². The number of benzene rings is 1. The molecule has 0 saturated heterocycles. The molecule has 6 nitrogen and oxygen atoms in total. The quantitative estimate of drug-likeness (QED) is 0.588. The highest BCUT2D eigenvalue weighted by Gasteiger charge is 2.23. The minimum absolute atomic E-state index is 0.259. The number of nitrogens with one attached hydrogen (secondary N) is 1. The van der Waals surface area contributed by atoms with Crippen molar-refractivity contribution in [2.75, 3.05) is 6.61 Å². The highest BCUT2D eigenvalue weighted by atomic mass is 16.5. The molecule has 0 spiro atoms. The third-order valence-corrected chi connectivity index (χ3v) is 3.59. The molecule has 2 rings (SSSR count). The number of aryl methyl sites for hydroxylation is 1. The first-order chi connectivity index (χ1) is 11.6. The van der Waals surface area contributed by atoms with E-state index >= 15 is 0 Å². The molecule has 1 aromatic heterocycles. The summed E-state index contributed by atoms with van der Waals surface area (Å²) in [6.45, 7) is 3.67. The van der Waals surface area contributed by atoms with Gasteiger partial charge in [0.25, 0.3) is 0 Å². The molecule has 1 aromatic carbocycles. The van der Waals surface area contributed by atoms with E-state index in [-0.39, 0.29) is 6.61 Å². The van der Waals surface area contributed by atoms with Crippen LogP contribution in [0.4, 0.5) is 0 Å². The van der Waals surface area contributed by atoms with Crippen molar-refractivity contribution in [3.63, 3.8) is 0 Å². The van der Waals surface area contributed by atoms with Crippen LogP contribution in [0.2, 0.25) is 0 Å². The fourth-order valence-corrected chi connectivity index (χ4v) is 2.23. The van der Waals surface area contributed by atoms with E-state index in [1.165, 1.54) is 0 Å². The monoisotopic (exact) mass is 327 g/mol. The molecule has 0 bridgehead atoms. The van der Waals surface area contributed by atoms with E-state index in [1.54, 1.807) is 17.1 Å². The highest BCUT2D eigenvalue weighted by molar-refractivity contribution is 5.91. The van der Waals surface area contributed by atoms with Crippen LogP contribution in [0.15, 0.2) is 55.5 Å². The van der Waals surface area contributed by atoms with Gasteiger partial charge in [0.1, 0.15) is 6.04 Å². The number of esters is 1. The van der Waals surface area contributed by atoms with Gasteiger partial charge >= 0.3 is 5.97 Å². The van der Waals surface area contributed by atoms with E-state index < -0.39 is 17.9 Å². The van der Waals surface area contributed by atoms with Crippen molar-refractivity contribution < 1.29 is 14.3 Å². The standard InChI is InChI=1S/C18H21N3O3/c1-3-17(22)20-16(11-15-12-19-13-21(15)2)18(23)24-10-9-14-7-5-4-6-8-14/h3-8,12-13,16H,1,9-11H2,2H3,(H,20,22)/t16-/m0/s1. The summed E-state index contributed by atoms with van der Waals surface area (Å²) < 4.78 is 7.12. The topological polar surface area (TPSA) is 73.2 Å². The molecule has 0 unspecified atom stereocenters. The summed E-state index contributed by atoms with van der Waals surface area (Å²) in [7, 11) is 1.83. The minimum Gasteiger partial charge on any atom is -0.464 e. The van der Waals surface area contributed by atoms with Crippen LogP contribution in [0, 0.1) is 0 Å². The van der Waals surface area contributed by atoms with E-state index in [0.29, 0.717) is 12.8 Å². The summed E-state index contributed by atoms with van der Waals surface area (Å²) >= 11 is 0. The zero-order chi connectivity index (χ0) is 17.4. The summed E-state index contributed by atoms with van der Waals surface area (Å²) in [5.74, 6) is -0.885. The Bertz CT molecular complexity index is 695. The zero-order valence-electron chi connectivity index (χ0n) is 13.6. The molecule has 0 aliphatic rings. The molecule has 0 aliphatic heterocycles. The number of carbonyl (C=O) groups is 2. The van der Waals surface area contributed by atoms with Gasteiger partial charge in [-0.15, -0.1) is 0 Å². The van der Waals surface area contributed by atoms with Crippen molar-refractivity contribution in [2.45, 2.75) is 18.9 Å². The molecule has 1 N–H and O–H groups in total. The molecule has 0 radical (unpaired) electrons. The molecule has 1 heterocycles. The molecule has 126 valence electrons. The van der Waals surface area contributed by atoms with Crippen LogP contribution in [0.5, 0.6) is 0 Å². The van der Waals surface area contributed by atoms with Gasteiger partial charge in [-0.25, -0.2) is 9.78 Å². The number of aromatic nitrogens is 2. The van der Waals surface area contributed by atoms with Crippen LogP contribution in [0.3, 0.4) is 0 Å². The van der Waals surface area contributed by atoms with Gasteiger partial charge in [-0.05, 0) is 11.6 Å².